The fourth-order valence-electron chi connectivity index (χ4n) is 1.82. The van der Waals surface area contributed by atoms with E-state index in [1.807, 2.05) is 0 Å². The van der Waals surface area contributed by atoms with Gasteiger partial charge < -0.3 is 14.8 Å². The minimum absolute atomic E-state index is 0.211. The second kappa shape index (κ2) is 5.22. The van der Waals surface area contributed by atoms with Crippen LogP contribution in [0.5, 0.6) is 0 Å². The highest BCUT2D eigenvalue weighted by Crippen LogP contribution is 2.37. The van der Waals surface area contributed by atoms with Gasteiger partial charge >= 0.3 is 12.1 Å². The summed E-state index contributed by atoms with van der Waals surface area (Å²) in [5.41, 5.74) is -3.07. The molecule has 0 aromatic carbocycles. The van der Waals surface area contributed by atoms with Gasteiger partial charge in [-0.25, -0.2) is 14.0 Å². The van der Waals surface area contributed by atoms with Crippen molar-refractivity contribution in [2.45, 2.75) is 77.3 Å². The Bertz CT molecular complexity index is 397. The van der Waals surface area contributed by atoms with Crippen molar-refractivity contribution in [2.24, 2.45) is 0 Å². The van der Waals surface area contributed by atoms with E-state index in [0.29, 0.717) is 0 Å². The van der Waals surface area contributed by atoms with E-state index in [-0.39, 0.29) is 12.8 Å². The summed E-state index contributed by atoms with van der Waals surface area (Å²) >= 11 is 0. The van der Waals surface area contributed by atoms with Crippen LogP contribution in [-0.4, -0.2) is 35.0 Å². The van der Waals surface area contributed by atoms with Crippen LogP contribution >= 0.6 is 0 Å². The molecule has 0 unspecified atom stereocenters. The first-order valence-electron chi connectivity index (χ1n) is 6.74. The number of esters is 1. The minimum atomic E-state index is -1.62. The molecule has 6 heteroatoms. The summed E-state index contributed by atoms with van der Waals surface area (Å²) in [5.74, 6) is -0.755. The van der Waals surface area contributed by atoms with Crippen molar-refractivity contribution in [2.75, 3.05) is 0 Å². The third-order valence-electron chi connectivity index (χ3n) is 2.81. The zero-order valence-electron chi connectivity index (χ0n) is 13.0. The maximum atomic E-state index is 13.9. The van der Waals surface area contributed by atoms with Crippen molar-refractivity contribution >= 4 is 12.1 Å². The molecule has 0 bridgehead atoms. The number of rotatable bonds is 2. The van der Waals surface area contributed by atoms with E-state index >= 15 is 0 Å². The van der Waals surface area contributed by atoms with Gasteiger partial charge in [-0.05, 0) is 54.4 Å². The predicted octanol–water partition coefficient (Wildman–Crippen LogP) is 2.72. The largest absolute Gasteiger partial charge is 0.458 e. The summed E-state index contributed by atoms with van der Waals surface area (Å²) in [7, 11) is 0. The number of alkyl halides is 1. The van der Waals surface area contributed by atoms with Crippen LogP contribution in [0.4, 0.5) is 9.18 Å². The maximum Gasteiger partial charge on any atom is 0.408 e. The predicted molar refractivity (Wildman–Crippen MR) is 72.1 cm³/mol. The molecule has 5 nitrogen and oxygen atoms in total. The Morgan fingerprint density at radius 2 is 1.60 bits per heavy atom. The summed E-state index contributed by atoms with van der Waals surface area (Å²) in [5, 5.41) is 2.35. The number of carbonyl (C=O) groups excluding carboxylic acids is 2. The van der Waals surface area contributed by atoms with Crippen LogP contribution in [0.15, 0.2) is 0 Å². The van der Waals surface area contributed by atoms with Crippen molar-refractivity contribution in [1.29, 1.82) is 0 Å². The van der Waals surface area contributed by atoms with Gasteiger partial charge in [0.05, 0.1) is 0 Å². The second-order valence-electron chi connectivity index (χ2n) is 7.11. The summed E-state index contributed by atoms with van der Waals surface area (Å²) in [6.45, 7) is 10.2. The van der Waals surface area contributed by atoms with Crippen molar-refractivity contribution in [3.8, 4) is 0 Å². The van der Waals surface area contributed by atoms with E-state index in [2.05, 4.69) is 5.32 Å². The van der Waals surface area contributed by atoms with Crippen LogP contribution in [0.25, 0.3) is 0 Å². The molecule has 1 aliphatic carbocycles. The van der Waals surface area contributed by atoms with Crippen molar-refractivity contribution in [3.63, 3.8) is 0 Å². The van der Waals surface area contributed by atoms with Crippen molar-refractivity contribution in [1.82, 2.24) is 5.32 Å². The van der Waals surface area contributed by atoms with Gasteiger partial charge in [-0.2, -0.15) is 0 Å². The molecule has 1 fully saturated rings. The molecule has 0 saturated heterocycles. The maximum absolute atomic E-state index is 13.9. The van der Waals surface area contributed by atoms with Crippen LogP contribution in [0, 0.1) is 0 Å². The Morgan fingerprint density at radius 3 is 1.90 bits per heavy atom. The van der Waals surface area contributed by atoms with E-state index in [9.17, 15) is 14.0 Å². The highest BCUT2D eigenvalue weighted by atomic mass is 19.1. The number of alkyl carbamates (subject to hydrolysis) is 1. The van der Waals surface area contributed by atoms with Gasteiger partial charge in [0.25, 0.3) is 0 Å². The number of halogens is 1. The average molecular weight is 289 g/mol. The molecule has 1 aliphatic rings. The second-order valence-corrected chi connectivity index (χ2v) is 7.11. The fourth-order valence-corrected chi connectivity index (χ4v) is 1.82. The molecule has 0 radical (unpaired) electrons. The van der Waals surface area contributed by atoms with E-state index in [1.165, 1.54) is 0 Å². The Hall–Kier alpha value is -1.33. The Labute approximate surface area is 119 Å². The zero-order valence-corrected chi connectivity index (χ0v) is 13.0. The van der Waals surface area contributed by atoms with Gasteiger partial charge in [0, 0.05) is 0 Å². The molecule has 116 valence electrons. The summed E-state index contributed by atoms with van der Waals surface area (Å²) < 4.78 is 24.2. The highest BCUT2D eigenvalue weighted by Gasteiger charge is 2.57. The number of hydrogen-bond donors (Lipinski definition) is 1. The smallest absolute Gasteiger partial charge is 0.408 e. The topological polar surface area (TPSA) is 64.6 Å². The zero-order chi connectivity index (χ0) is 15.8. The molecule has 1 amide bonds. The third-order valence-corrected chi connectivity index (χ3v) is 2.81. The molecular formula is C14H24FNO4. The van der Waals surface area contributed by atoms with Gasteiger partial charge in [0.1, 0.15) is 17.4 Å². The van der Waals surface area contributed by atoms with Crippen LogP contribution in [0.3, 0.4) is 0 Å². The van der Waals surface area contributed by atoms with Gasteiger partial charge in [-0.1, -0.05) is 0 Å². The number of ether oxygens (including phenoxy) is 2. The molecule has 1 N–H and O–H groups in total. The number of carbonyl (C=O) groups is 2. The molecule has 1 saturated carbocycles. The molecule has 1 rings (SSSR count). The van der Waals surface area contributed by atoms with E-state index in [4.69, 9.17) is 9.47 Å². The van der Waals surface area contributed by atoms with E-state index in [1.54, 1.807) is 41.5 Å². The highest BCUT2D eigenvalue weighted by molar-refractivity contribution is 5.88. The Balaban J connectivity index is 2.79. The molecule has 0 spiro atoms. The first-order valence-corrected chi connectivity index (χ1v) is 6.74. The SMILES string of the molecule is CC(C)(C)OC(=O)N[C@@]1(C(=O)OC(C)(C)C)CC[C@@H]1F. The molecule has 20 heavy (non-hydrogen) atoms. The number of nitrogens with one attached hydrogen (secondary N) is 1. The monoisotopic (exact) mass is 289 g/mol. The van der Waals surface area contributed by atoms with E-state index in [0.717, 1.165) is 0 Å². The third kappa shape index (κ3) is 4.08. The summed E-state index contributed by atoms with van der Waals surface area (Å²) in [6.07, 6.45) is -1.84. The lowest BCUT2D eigenvalue weighted by molar-refractivity contribution is -0.172. The summed E-state index contributed by atoms with van der Waals surface area (Å²) in [6, 6.07) is 0. The van der Waals surface area contributed by atoms with E-state index < -0.39 is 35.0 Å². The first-order chi connectivity index (χ1) is 8.86. The standard InChI is InChI=1S/C14H24FNO4/c1-12(2,3)19-10(17)14(8-7-9(14)15)16-11(18)20-13(4,5)6/h9H,7-8H2,1-6H3,(H,16,18)/t9-,14-/m0/s1. The first kappa shape index (κ1) is 16.7. The van der Waals surface area contributed by atoms with Crippen LogP contribution in [0.2, 0.25) is 0 Å². The van der Waals surface area contributed by atoms with Gasteiger partial charge in [-0.15, -0.1) is 0 Å². The number of hydrogen-bond acceptors (Lipinski definition) is 4. The van der Waals surface area contributed by atoms with Gasteiger partial charge in [-0.3, -0.25) is 0 Å². The normalized spacial score (nSPS) is 26.4. The molecular weight excluding hydrogens is 265 g/mol. The van der Waals surface area contributed by atoms with Gasteiger partial charge in [0.15, 0.2) is 5.54 Å². The lowest BCUT2D eigenvalue weighted by Gasteiger charge is -2.44. The lowest BCUT2D eigenvalue weighted by atomic mass is 9.74. The van der Waals surface area contributed by atoms with Gasteiger partial charge in [0.2, 0.25) is 0 Å². The average Bonchev–Trinajstić information content (AvgIpc) is 2.18. The van der Waals surface area contributed by atoms with Crippen LogP contribution in [0.1, 0.15) is 54.4 Å². The molecule has 0 aromatic heterocycles. The molecule has 2 atom stereocenters. The molecule has 0 aliphatic heterocycles. The fraction of sp³-hybridized carbons (Fsp3) is 0.857. The molecule has 0 heterocycles. The lowest BCUT2D eigenvalue weighted by Crippen LogP contribution is -2.68. The molecule has 0 aromatic rings. The van der Waals surface area contributed by atoms with Crippen LogP contribution < -0.4 is 5.32 Å². The quantitative estimate of drug-likeness (QED) is 0.794. The Morgan fingerprint density at radius 1 is 1.10 bits per heavy atom. The van der Waals surface area contributed by atoms with Crippen molar-refractivity contribution < 1.29 is 23.5 Å². The number of amides is 1. The minimum Gasteiger partial charge on any atom is -0.458 e. The Kier molecular flexibility index (Phi) is 4.36. The van der Waals surface area contributed by atoms with Crippen molar-refractivity contribution in [3.05, 3.63) is 0 Å². The van der Waals surface area contributed by atoms with Crippen LogP contribution in [-0.2, 0) is 14.3 Å². The summed E-state index contributed by atoms with van der Waals surface area (Å²) in [4.78, 5) is 23.9.